The van der Waals surface area contributed by atoms with E-state index in [1.807, 2.05) is 0 Å². The minimum absolute atomic E-state index is 0.00102. The van der Waals surface area contributed by atoms with Crippen molar-refractivity contribution in [3.8, 4) is 0 Å². The second kappa shape index (κ2) is 4.81. The summed E-state index contributed by atoms with van der Waals surface area (Å²) < 4.78 is 0. The van der Waals surface area contributed by atoms with Gasteiger partial charge in [0.2, 0.25) is 0 Å². The van der Waals surface area contributed by atoms with E-state index in [4.69, 9.17) is 5.11 Å². The summed E-state index contributed by atoms with van der Waals surface area (Å²) in [6.45, 7) is 2.06. The lowest BCUT2D eigenvalue weighted by atomic mass is 10.5. The predicted octanol–water partition coefficient (Wildman–Crippen LogP) is 1.68. The normalized spacial score (nSPS) is 9.92. The molecule has 0 atom stereocenters. The lowest BCUT2D eigenvalue weighted by molar-refractivity contribution is 0.0689. The Morgan fingerprint density at radius 3 is 3.00 bits per heavy atom. The quantitative estimate of drug-likeness (QED) is 0.746. The van der Waals surface area contributed by atoms with Crippen molar-refractivity contribution in [2.75, 3.05) is 5.75 Å². The summed E-state index contributed by atoms with van der Waals surface area (Å²) in [5.74, 6) is -0.107. The van der Waals surface area contributed by atoms with Gasteiger partial charge < -0.3 is 5.11 Å². The van der Waals surface area contributed by atoms with Crippen molar-refractivity contribution >= 4 is 17.7 Å². The van der Waals surface area contributed by atoms with Gasteiger partial charge in [-0.3, -0.25) is 4.98 Å². The maximum absolute atomic E-state index is 10.5. The summed E-state index contributed by atoms with van der Waals surface area (Å²) in [6.07, 6.45) is 3.86. The van der Waals surface area contributed by atoms with Gasteiger partial charge in [-0.2, -0.15) is 0 Å². The molecule has 1 aromatic heterocycles. The number of carbonyl (C=O) groups is 1. The van der Waals surface area contributed by atoms with E-state index in [0.29, 0.717) is 5.03 Å². The Balaban J connectivity index is 2.73. The van der Waals surface area contributed by atoms with Crippen LogP contribution in [0, 0.1) is 0 Å². The highest BCUT2D eigenvalue weighted by molar-refractivity contribution is 7.99. The molecule has 0 spiro atoms. The fraction of sp³-hybridized carbons (Fsp3) is 0.375. The third kappa shape index (κ3) is 3.02. The number of aromatic carboxylic acids is 1. The van der Waals surface area contributed by atoms with Gasteiger partial charge in [0.05, 0.1) is 12.4 Å². The average molecular weight is 198 g/mol. The van der Waals surface area contributed by atoms with Crippen molar-refractivity contribution in [1.29, 1.82) is 0 Å². The summed E-state index contributed by atoms with van der Waals surface area (Å²) in [4.78, 5) is 18.2. The predicted molar refractivity (Wildman–Crippen MR) is 50.0 cm³/mol. The molecule has 0 aliphatic rings. The van der Waals surface area contributed by atoms with Gasteiger partial charge >= 0.3 is 5.97 Å². The first-order valence-corrected chi connectivity index (χ1v) is 4.90. The minimum atomic E-state index is -1.04. The molecule has 0 aliphatic carbocycles. The van der Waals surface area contributed by atoms with Gasteiger partial charge in [-0.1, -0.05) is 6.92 Å². The van der Waals surface area contributed by atoms with Crippen LogP contribution in [0.5, 0.6) is 0 Å². The van der Waals surface area contributed by atoms with E-state index in [-0.39, 0.29) is 5.69 Å². The molecular formula is C8H10N2O2S. The van der Waals surface area contributed by atoms with Gasteiger partial charge in [-0.15, -0.1) is 11.8 Å². The standard InChI is InChI=1S/C8H10N2O2S/c1-2-3-13-7-5-9-4-6(10-7)8(11)12/h4-5H,2-3H2,1H3,(H,11,12). The maximum Gasteiger partial charge on any atom is 0.356 e. The van der Waals surface area contributed by atoms with Crippen LogP contribution in [0.1, 0.15) is 23.8 Å². The van der Waals surface area contributed by atoms with Gasteiger partial charge in [0.15, 0.2) is 5.69 Å². The molecule has 0 aromatic carbocycles. The van der Waals surface area contributed by atoms with Crippen LogP contribution < -0.4 is 0 Å². The average Bonchev–Trinajstić information content (AvgIpc) is 2.15. The zero-order chi connectivity index (χ0) is 9.68. The van der Waals surface area contributed by atoms with Gasteiger partial charge in [0.25, 0.3) is 0 Å². The number of hydrogen-bond donors (Lipinski definition) is 1. The van der Waals surface area contributed by atoms with E-state index in [2.05, 4.69) is 16.9 Å². The van der Waals surface area contributed by atoms with Crippen molar-refractivity contribution in [2.24, 2.45) is 0 Å². The monoisotopic (exact) mass is 198 g/mol. The van der Waals surface area contributed by atoms with Crippen LogP contribution in [-0.2, 0) is 0 Å². The zero-order valence-corrected chi connectivity index (χ0v) is 8.04. The van der Waals surface area contributed by atoms with Crippen molar-refractivity contribution in [3.63, 3.8) is 0 Å². The molecule has 1 rings (SSSR count). The number of thioether (sulfide) groups is 1. The van der Waals surface area contributed by atoms with Crippen LogP contribution in [0.3, 0.4) is 0 Å². The van der Waals surface area contributed by atoms with Crippen molar-refractivity contribution in [3.05, 3.63) is 18.1 Å². The second-order valence-electron chi connectivity index (χ2n) is 2.40. The topological polar surface area (TPSA) is 63.1 Å². The Labute approximate surface area is 80.4 Å². The maximum atomic E-state index is 10.5. The van der Waals surface area contributed by atoms with Crippen LogP contribution in [-0.4, -0.2) is 26.8 Å². The molecule has 0 unspecified atom stereocenters. The minimum Gasteiger partial charge on any atom is -0.476 e. The van der Waals surface area contributed by atoms with Crippen molar-refractivity contribution in [1.82, 2.24) is 9.97 Å². The van der Waals surface area contributed by atoms with Crippen LogP contribution >= 0.6 is 11.8 Å². The molecule has 0 radical (unpaired) electrons. The lowest BCUT2D eigenvalue weighted by Crippen LogP contribution is -2.01. The first kappa shape index (κ1) is 9.98. The Hall–Kier alpha value is -1.10. The molecular weight excluding hydrogens is 188 g/mol. The van der Waals surface area contributed by atoms with E-state index in [1.54, 1.807) is 6.20 Å². The summed E-state index contributed by atoms with van der Waals surface area (Å²) >= 11 is 1.52. The smallest absolute Gasteiger partial charge is 0.356 e. The van der Waals surface area contributed by atoms with Crippen molar-refractivity contribution in [2.45, 2.75) is 18.4 Å². The van der Waals surface area contributed by atoms with Crippen LogP contribution in [0.2, 0.25) is 0 Å². The molecule has 0 aliphatic heterocycles. The largest absolute Gasteiger partial charge is 0.476 e. The molecule has 0 bridgehead atoms. The lowest BCUT2D eigenvalue weighted by Gasteiger charge is -1.98. The Bertz CT molecular complexity index is 304. The third-order valence-corrected chi connectivity index (χ3v) is 2.39. The Kier molecular flexibility index (Phi) is 3.70. The highest BCUT2D eigenvalue weighted by Crippen LogP contribution is 2.14. The third-order valence-electron chi connectivity index (χ3n) is 1.29. The SMILES string of the molecule is CCCSc1cncc(C(=O)O)n1. The molecule has 1 N–H and O–H groups in total. The number of hydrogen-bond acceptors (Lipinski definition) is 4. The summed E-state index contributed by atoms with van der Waals surface area (Å²) in [5.41, 5.74) is 0.00102. The summed E-state index contributed by atoms with van der Waals surface area (Å²) in [5, 5.41) is 9.29. The van der Waals surface area contributed by atoms with E-state index >= 15 is 0 Å². The second-order valence-corrected chi connectivity index (χ2v) is 3.51. The summed E-state index contributed by atoms with van der Waals surface area (Å²) in [6, 6.07) is 0. The molecule has 1 aromatic rings. The van der Waals surface area contributed by atoms with Crippen LogP contribution in [0.15, 0.2) is 17.4 Å². The molecule has 13 heavy (non-hydrogen) atoms. The van der Waals surface area contributed by atoms with Crippen LogP contribution in [0.25, 0.3) is 0 Å². The molecule has 4 nitrogen and oxygen atoms in total. The molecule has 70 valence electrons. The first-order valence-electron chi connectivity index (χ1n) is 3.92. The number of carboxylic acids is 1. The Morgan fingerprint density at radius 1 is 1.62 bits per heavy atom. The molecule has 0 saturated carbocycles. The molecule has 0 amide bonds. The highest BCUT2D eigenvalue weighted by Gasteiger charge is 2.05. The zero-order valence-electron chi connectivity index (χ0n) is 7.23. The highest BCUT2D eigenvalue weighted by atomic mass is 32.2. The van der Waals surface area contributed by atoms with E-state index < -0.39 is 5.97 Å². The molecule has 5 heteroatoms. The van der Waals surface area contributed by atoms with E-state index in [9.17, 15) is 4.79 Å². The van der Waals surface area contributed by atoms with Crippen LogP contribution in [0.4, 0.5) is 0 Å². The summed E-state index contributed by atoms with van der Waals surface area (Å²) in [7, 11) is 0. The number of aromatic nitrogens is 2. The number of nitrogens with zero attached hydrogens (tertiary/aromatic N) is 2. The van der Waals surface area contributed by atoms with Gasteiger partial charge in [-0.05, 0) is 12.2 Å². The fourth-order valence-electron chi connectivity index (χ4n) is 0.727. The molecule has 0 saturated heterocycles. The van der Waals surface area contributed by atoms with E-state index in [1.165, 1.54) is 18.0 Å². The Morgan fingerprint density at radius 2 is 2.38 bits per heavy atom. The van der Waals surface area contributed by atoms with Gasteiger partial charge in [0, 0.05) is 0 Å². The molecule has 1 heterocycles. The first-order chi connectivity index (χ1) is 6.24. The number of rotatable bonds is 4. The number of carboxylic acid groups (broad SMARTS) is 1. The van der Waals surface area contributed by atoms with Gasteiger partial charge in [0.1, 0.15) is 5.03 Å². The van der Waals surface area contributed by atoms with Gasteiger partial charge in [-0.25, -0.2) is 9.78 Å². The van der Waals surface area contributed by atoms with E-state index in [0.717, 1.165) is 12.2 Å². The fourth-order valence-corrected chi connectivity index (χ4v) is 1.44. The molecule has 0 fully saturated rings. The van der Waals surface area contributed by atoms with Crippen molar-refractivity contribution < 1.29 is 9.90 Å².